The number of nitrogens with zero attached hydrogens (tertiary/aromatic N) is 1. The van der Waals surface area contributed by atoms with Crippen LogP contribution >= 0.6 is 11.8 Å². The van der Waals surface area contributed by atoms with Crippen LogP contribution in [0.4, 0.5) is 0 Å². The summed E-state index contributed by atoms with van der Waals surface area (Å²) in [6.45, 7) is 9.12. The van der Waals surface area contributed by atoms with Crippen molar-refractivity contribution in [1.82, 2.24) is 10.2 Å². The van der Waals surface area contributed by atoms with Crippen LogP contribution in [0.5, 0.6) is 0 Å². The molecule has 0 radical (unpaired) electrons. The van der Waals surface area contributed by atoms with Gasteiger partial charge in [-0.1, -0.05) is 70.2 Å². The van der Waals surface area contributed by atoms with Crippen molar-refractivity contribution in [1.29, 1.82) is 0 Å². The monoisotopic (exact) mass is 410 g/mol. The molecule has 5 heteroatoms. The van der Waals surface area contributed by atoms with Gasteiger partial charge < -0.3 is 10.2 Å². The van der Waals surface area contributed by atoms with Crippen molar-refractivity contribution in [3.8, 4) is 0 Å². The van der Waals surface area contributed by atoms with Crippen LogP contribution in [-0.2, 0) is 11.3 Å². The molecule has 29 heavy (non-hydrogen) atoms. The summed E-state index contributed by atoms with van der Waals surface area (Å²) in [6, 6.07) is 17.9. The number of carbonyl (C=O) groups is 2. The Morgan fingerprint density at radius 1 is 1.03 bits per heavy atom. The summed E-state index contributed by atoms with van der Waals surface area (Å²) in [4.78, 5) is 27.0. The lowest BCUT2D eigenvalue weighted by molar-refractivity contribution is -0.128. The lowest BCUT2D eigenvalue weighted by Gasteiger charge is -2.26. The van der Waals surface area contributed by atoms with E-state index in [2.05, 4.69) is 33.0 Å². The van der Waals surface area contributed by atoms with Gasteiger partial charge in [-0.25, -0.2) is 0 Å². The zero-order valence-corrected chi connectivity index (χ0v) is 18.4. The minimum Gasteiger partial charge on any atom is -0.349 e. The van der Waals surface area contributed by atoms with E-state index < -0.39 is 0 Å². The molecule has 4 nitrogen and oxygen atoms in total. The van der Waals surface area contributed by atoms with Crippen molar-refractivity contribution >= 4 is 23.6 Å². The van der Waals surface area contributed by atoms with Crippen LogP contribution in [0.3, 0.4) is 0 Å². The number of hydrogen-bond acceptors (Lipinski definition) is 3. The zero-order valence-electron chi connectivity index (χ0n) is 17.6. The molecule has 2 aromatic carbocycles. The number of hydrogen-bond donors (Lipinski definition) is 1. The number of thioether (sulfide) groups is 1. The van der Waals surface area contributed by atoms with Gasteiger partial charge in [0.15, 0.2) is 0 Å². The van der Waals surface area contributed by atoms with Crippen molar-refractivity contribution < 1.29 is 9.59 Å². The van der Waals surface area contributed by atoms with Crippen molar-refractivity contribution in [2.75, 3.05) is 5.75 Å². The predicted molar refractivity (Wildman–Crippen MR) is 120 cm³/mol. The van der Waals surface area contributed by atoms with Crippen LogP contribution in [0.25, 0.3) is 0 Å². The lowest BCUT2D eigenvalue weighted by atomic mass is 9.93. The van der Waals surface area contributed by atoms with E-state index >= 15 is 0 Å². The summed E-state index contributed by atoms with van der Waals surface area (Å²) in [5.74, 6) is 1.36. The summed E-state index contributed by atoms with van der Waals surface area (Å²) >= 11 is 1.64. The van der Waals surface area contributed by atoms with Crippen LogP contribution in [0.1, 0.15) is 54.6 Å². The third kappa shape index (κ3) is 5.21. The molecule has 1 aliphatic heterocycles. The minimum atomic E-state index is -0.0414. The molecule has 0 aromatic heterocycles. The van der Waals surface area contributed by atoms with E-state index in [1.54, 1.807) is 11.8 Å². The van der Waals surface area contributed by atoms with Gasteiger partial charge in [0.25, 0.3) is 5.91 Å². The molecule has 154 valence electrons. The van der Waals surface area contributed by atoms with E-state index in [1.165, 1.54) is 0 Å². The topological polar surface area (TPSA) is 49.4 Å². The molecule has 2 aromatic rings. The first-order chi connectivity index (χ1) is 13.9. The summed E-state index contributed by atoms with van der Waals surface area (Å²) in [5, 5.41) is 3.15. The summed E-state index contributed by atoms with van der Waals surface area (Å²) in [5.41, 5.74) is 2.83. The van der Waals surface area contributed by atoms with Crippen molar-refractivity contribution in [2.45, 2.75) is 45.7 Å². The SMILES string of the molecule is CC(C)C(NC(=O)c1ccc([C@H]2SCC(=O)N2Cc2ccccc2)cc1)C(C)C. The first-order valence-corrected chi connectivity index (χ1v) is 11.3. The molecule has 0 bridgehead atoms. The fourth-order valence-corrected chi connectivity index (χ4v) is 5.01. The summed E-state index contributed by atoms with van der Waals surface area (Å²) < 4.78 is 0. The van der Waals surface area contributed by atoms with Crippen LogP contribution in [-0.4, -0.2) is 28.5 Å². The van der Waals surface area contributed by atoms with Crippen molar-refractivity contribution in [3.63, 3.8) is 0 Å². The van der Waals surface area contributed by atoms with Gasteiger partial charge in [-0.2, -0.15) is 0 Å². The Labute approximate surface area is 178 Å². The van der Waals surface area contributed by atoms with Gasteiger partial charge in [-0.3, -0.25) is 9.59 Å². The Morgan fingerprint density at radius 3 is 2.24 bits per heavy atom. The van der Waals surface area contributed by atoms with Crippen molar-refractivity contribution in [3.05, 3.63) is 71.3 Å². The van der Waals surface area contributed by atoms with Gasteiger partial charge >= 0.3 is 0 Å². The maximum atomic E-state index is 12.7. The van der Waals surface area contributed by atoms with E-state index in [0.29, 0.717) is 29.7 Å². The largest absolute Gasteiger partial charge is 0.349 e. The number of rotatable bonds is 7. The Kier molecular flexibility index (Phi) is 7.01. The van der Waals surface area contributed by atoms with Gasteiger partial charge in [-0.05, 0) is 35.1 Å². The molecule has 1 saturated heterocycles. The molecule has 0 aliphatic carbocycles. The van der Waals surface area contributed by atoms with E-state index in [9.17, 15) is 9.59 Å². The van der Waals surface area contributed by atoms with Crippen LogP contribution in [0.2, 0.25) is 0 Å². The number of nitrogens with one attached hydrogen (secondary N) is 1. The highest BCUT2D eigenvalue weighted by molar-refractivity contribution is 8.00. The quantitative estimate of drug-likeness (QED) is 0.708. The van der Waals surface area contributed by atoms with Gasteiger partial charge in [-0.15, -0.1) is 11.8 Å². The zero-order chi connectivity index (χ0) is 21.0. The maximum Gasteiger partial charge on any atom is 0.251 e. The standard InChI is InChI=1S/C24H30N2O2S/c1-16(2)22(17(3)4)25-23(28)19-10-12-20(13-11-19)24-26(21(27)15-29-24)14-18-8-6-5-7-9-18/h5-13,16-17,22,24H,14-15H2,1-4H3,(H,25,28)/t24-/m1/s1. The molecule has 1 fully saturated rings. The molecule has 1 atom stereocenters. The van der Waals surface area contributed by atoms with Crippen LogP contribution in [0.15, 0.2) is 54.6 Å². The minimum absolute atomic E-state index is 0.0149. The molecule has 2 amide bonds. The van der Waals surface area contributed by atoms with E-state index in [-0.39, 0.29) is 23.2 Å². The fraction of sp³-hybridized carbons (Fsp3) is 0.417. The third-order valence-corrected chi connectivity index (χ3v) is 6.61. The summed E-state index contributed by atoms with van der Waals surface area (Å²) in [7, 11) is 0. The Bertz CT molecular complexity index is 826. The maximum absolute atomic E-state index is 12.7. The molecule has 0 saturated carbocycles. The fourth-order valence-electron chi connectivity index (χ4n) is 3.82. The number of carbonyl (C=O) groups excluding carboxylic acids is 2. The van der Waals surface area contributed by atoms with Gasteiger partial charge in [0.05, 0.1) is 5.75 Å². The lowest BCUT2D eigenvalue weighted by Crippen LogP contribution is -2.42. The molecule has 1 N–H and O–H groups in total. The van der Waals surface area contributed by atoms with E-state index in [4.69, 9.17) is 0 Å². The number of amides is 2. The van der Waals surface area contributed by atoms with E-state index in [1.807, 2.05) is 59.5 Å². The van der Waals surface area contributed by atoms with E-state index in [0.717, 1.165) is 11.1 Å². The second kappa shape index (κ2) is 9.49. The highest BCUT2D eigenvalue weighted by Crippen LogP contribution is 2.39. The number of benzene rings is 2. The molecular weight excluding hydrogens is 380 g/mol. The normalized spacial score (nSPS) is 16.9. The molecular formula is C24H30N2O2S. The molecule has 3 rings (SSSR count). The molecule has 1 aliphatic rings. The summed E-state index contributed by atoms with van der Waals surface area (Å²) in [6.07, 6.45) is 0. The predicted octanol–water partition coefficient (Wildman–Crippen LogP) is 4.87. The van der Waals surface area contributed by atoms with Crippen molar-refractivity contribution in [2.24, 2.45) is 11.8 Å². The first-order valence-electron chi connectivity index (χ1n) is 10.2. The van der Waals surface area contributed by atoms with Crippen LogP contribution < -0.4 is 5.32 Å². The average molecular weight is 411 g/mol. The highest BCUT2D eigenvalue weighted by atomic mass is 32.2. The second-order valence-corrected chi connectivity index (χ2v) is 9.35. The molecule has 0 unspecified atom stereocenters. The second-order valence-electron chi connectivity index (χ2n) is 8.28. The third-order valence-electron chi connectivity index (χ3n) is 5.36. The first kappa shape index (κ1) is 21.4. The Morgan fingerprint density at radius 2 is 1.66 bits per heavy atom. The van der Waals surface area contributed by atoms with Gasteiger partial charge in [0.2, 0.25) is 5.91 Å². The Hall–Kier alpha value is -2.27. The van der Waals surface area contributed by atoms with Gasteiger partial charge in [0, 0.05) is 18.2 Å². The van der Waals surface area contributed by atoms with Crippen LogP contribution in [0, 0.1) is 11.8 Å². The average Bonchev–Trinajstić information content (AvgIpc) is 3.06. The smallest absolute Gasteiger partial charge is 0.251 e. The Balaban J connectivity index is 1.71. The highest BCUT2D eigenvalue weighted by Gasteiger charge is 2.32. The molecule has 0 spiro atoms. The molecule has 1 heterocycles. The van der Waals surface area contributed by atoms with Gasteiger partial charge in [0.1, 0.15) is 5.37 Å².